The molecule has 6 aliphatic rings. The molecule has 0 aromatic carbocycles. The Morgan fingerprint density at radius 2 is 0.913 bits per heavy atom. The second-order valence-electron chi connectivity index (χ2n) is 36.7. The summed E-state index contributed by atoms with van der Waals surface area (Å²) in [5.74, 6) is -7.01. The van der Waals surface area contributed by atoms with Crippen LogP contribution in [0.1, 0.15) is 269 Å². The van der Waals surface area contributed by atoms with Gasteiger partial charge in [0.15, 0.2) is 0 Å². The molecule has 0 saturated carbocycles. The third-order valence-electron chi connectivity index (χ3n) is 19.8. The lowest BCUT2D eigenvalue weighted by Gasteiger charge is -2.37. The Labute approximate surface area is 681 Å². The summed E-state index contributed by atoms with van der Waals surface area (Å²) in [6.07, 6.45) is 3.20. The van der Waals surface area contributed by atoms with E-state index in [0.717, 1.165) is 49.9 Å². The lowest BCUT2D eigenvalue weighted by Crippen LogP contribution is -2.56. The molecule has 0 aromatic rings. The number of nitrogens with zero attached hydrogens (tertiary/aromatic N) is 4. The number of amides is 3. The number of hydrogen-bond donors (Lipinski definition) is 4. The van der Waals surface area contributed by atoms with Crippen LogP contribution in [-0.4, -0.2) is 191 Å². The predicted molar refractivity (Wildman–Crippen MR) is 439 cm³/mol. The third-order valence-corrected chi connectivity index (χ3v) is 19.8. The smallest absolute Gasteiger partial charge is 0.306 e. The van der Waals surface area contributed by atoms with Crippen molar-refractivity contribution in [2.75, 3.05) is 59.8 Å². The number of nitrogens with one attached hydrogen (secondary N) is 3. The molecular formula is C88H133N7O20. The van der Waals surface area contributed by atoms with E-state index >= 15 is 14.4 Å². The molecule has 6 rings (SSSR count). The summed E-state index contributed by atoms with van der Waals surface area (Å²) in [6, 6.07) is 0. The standard InChI is InChI=1S/C88H133N7O20/c1-26-58-53(2)61-50-66-77(57(6)109-46-45-108-44-43-107-42-41-106-25)55(4)63(90-66)48-62-54(3)59(79(91-62)60-47-67(96)78-56(5)64(92-80(60)78)49-65(58)89-61)27-28-70(99)95(51-68(97)93-87(35-29-71(100)110-81(7,8)9,36-30-72(101)111-82(10,11)12)37-31-73(102)112-83(13,14)15)52-69(98)94-88(38-32-74(103)113-84(16,17)18,39-33-75(104)114-85(19,20)21)40-34-76(105)115-86(22,23)24/h48-50,54,57,59,91,96H,26-47,51-52H2,1-25H3,(H,93,97)(H,94,98)/t54-,57?,59-/m0/s1. The summed E-state index contributed by atoms with van der Waals surface area (Å²) in [5.41, 5.74) is 2.42. The Morgan fingerprint density at radius 3 is 1.31 bits per heavy atom. The lowest BCUT2D eigenvalue weighted by molar-refractivity contribution is -0.158. The SMILES string of the molecule is CCC1=C(C)C2=NC1=CC1=C(C)C3=C(O)CC(=C4NC(=CC5=NC(=C2)C(C(C)OCCOCCOCCOC)=C5C)[C@@H](C)[C@@H]4CCC(=O)N(CC(=O)NC(CCC(=O)OC(C)(C)C)(CCC(=O)OC(C)(C)C)CCC(=O)OC(C)(C)C)CC(=O)NC(CCC(=O)OC(C)(C)C)(CCC(=O)OC(C)(C)C)CCC(=O)OC(C)(C)C)C3=N1. The first-order valence-electron chi connectivity index (χ1n) is 40.6. The summed E-state index contributed by atoms with van der Waals surface area (Å²) >= 11 is 0. The fourth-order valence-electron chi connectivity index (χ4n) is 14.7. The van der Waals surface area contributed by atoms with Crippen LogP contribution >= 0.6 is 0 Å². The van der Waals surface area contributed by atoms with Gasteiger partial charge in [0.1, 0.15) is 52.5 Å². The van der Waals surface area contributed by atoms with Crippen molar-refractivity contribution in [2.24, 2.45) is 26.8 Å². The van der Waals surface area contributed by atoms with E-state index in [-0.39, 0.29) is 109 Å². The topological polar surface area (TPSA) is 343 Å². The number of allylic oxidation sites excluding steroid dienone is 11. The minimum Gasteiger partial charge on any atom is -0.511 e. The molecule has 1 saturated heterocycles. The molecule has 115 heavy (non-hydrogen) atoms. The zero-order valence-electron chi connectivity index (χ0n) is 73.4. The van der Waals surface area contributed by atoms with Gasteiger partial charge in [0.2, 0.25) is 17.7 Å². The summed E-state index contributed by atoms with van der Waals surface area (Å²) in [4.78, 5) is 147. The van der Waals surface area contributed by atoms with Gasteiger partial charge >= 0.3 is 35.8 Å². The number of aliphatic hydroxyl groups excluding tert-OH is 1. The highest BCUT2D eigenvalue weighted by Gasteiger charge is 2.44. The van der Waals surface area contributed by atoms with Crippen LogP contribution in [0, 0.1) is 11.8 Å². The van der Waals surface area contributed by atoms with Crippen LogP contribution in [0.3, 0.4) is 0 Å². The number of aliphatic imine (C=N–C) groups is 3. The molecule has 0 spiro atoms. The van der Waals surface area contributed by atoms with Crippen molar-refractivity contribution in [3.8, 4) is 0 Å². The number of hydrogen-bond acceptors (Lipinski definition) is 24. The van der Waals surface area contributed by atoms with Crippen molar-refractivity contribution in [3.63, 3.8) is 0 Å². The van der Waals surface area contributed by atoms with Gasteiger partial charge in [0.05, 0.1) is 80.0 Å². The van der Waals surface area contributed by atoms with Gasteiger partial charge < -0.3 is 73.3 Å². The van der Waals surface area contributed by atoms with E-state index in [1.807, 2.05) is 45.9 Å². The fourth-order valence-corrected chi connectivity index (χ4v) is 14.7. The molecule has 4 N–H and O–H groups in total. The highest BCUT2D eigenvalue weighted by Crippen LogP contribution is 2.47. The van der Waals surface area contributed by atoms with Crippen LogP contribution in [0.2, 0.25) is 0 Å². The normalized spacial score (nSPS) is 17.6. The highest BCUT2D eigenvalue weighted by molar-refractivity contribution is 6.21. The van der Waals surface area contributed by atoms with Crippen molar-refractivity contribution in [3.05, 3.63) is 91.5 Å². The summed E-state index contributed by atoms with van der Waals surface area (Å²) in [5, 5.41) is 22.0. The zero-order valence-corrected chi connectivity index (χ0v) is 73.4. The quantitative estimate of drug-likeness (QED) is 0.0252. The van der Waals surface area contributed by atoms with Crippen molar-refractivity contribution >= 4 is 70.7 Å². The molecule has 1 unspecified atom stereocenters. The van der Waals surface area contributed by atoms with Crippen LogP contribution in [0.4, 0.5) is 0 Å². The predicted octanol–water partition coefficient (Wildman–Crippen LogP) is 13.8. The minimum absolute atomic E-state index is 0.0812. The number of esters is 6. The van der Waals surface area contributed by atoms with Gasteiger partial charge in [-0.15, -0.1) is 0 Å². The van der Waals surface area contributed by atoms with E-state index < -0.39 is 129 Å². The number of aliphatic hydroxyl groups is 1. The van der Waals surface area contributed by atoms with Crippen LogP contribution in [-0.2, 0) is 90.5 Å². The summed E-state index contributed by atoms with van der Waals surface area (Å²) in [6.45, 7) is 43.4. The molecule has 27 heteroatoms. The van der Waals surface area contributed by atoms with Gasteiger partial charge in [-0.2, -0.15) is 0 Å². The van der Waals surface area contributed by atoms with E-state index in [0.29, 0.717) is 79.1 Å². The van der Waals surface area contributed by atoms with E-state index in [4.69, 9.17) is 62.3 Å². The van der Waals surface area contributed by atoms with Crippen molar-refractivity contribution in [1.82, 2.24) is 20.9 Å². The summed E-state index contributed by atoms with van der Waals surface area (Å²) < 4.78 is 57.6. The third kappa shape index (κ3) is 30.2. The minimum atomic E-state index is -1.58. The molecule has 5 aliphatic heterocycles. The first kappa shape index (κ1) is 95.4. The number of ether oxygens (including phenoxy) is 10. The number of rotatable bonds is 39. The molecule has 0 aromatic heterocycles. The number of methoxy groups -OCH3 is 1. The van der Waals surface area contributed by atoms with Crippen molar-refractivity contribution in [2.45, 2.75) is 320 Å². The molecule has 5 heterocycles. The highest BCUT2D eigenvalue weighted by atomic mass is 16.6. The average molecular weight is 1610 g/mol. The van der Waals surface area contributed by atoms with Gasteiger partial charge in [-0.05, 0) is 244 Å². The lowest BCUT2D eigenvalue weighted by atomic mass is 9.83. The van der Waals surface area contributed by atoms with Crippen molar-refractivity contribution < 1.29 is 95.6 Å². The van der Waals surface area contributed by atoms with Crippen LogP contribution in [0.5, 0.6) is 0 Å². The van der Waals surface area contributed by atoms with Crippen molar-refractivity contribution in [1.29, 1.82) is 0 Å². The molecule has 0 radical (unpaired) electrons. The first-order valence-corrected chi connectivity index (χ1v) is 40.6. The maximum absolute atomic E-state index is 16.0. The molecule has 3 amide bonds. The summed E-state index contributed by atoms with van der Waals surface area (Å²) in [7, 11) is 1.62. The van der Waals surface area contributed by atoms with Crippen LogP contribution < -0.4 is 16.0 Å². The van der Waals surface area contributed by atoms with Gasteiger partial charge in [0, 0.05) is 110 Å². The van der Waals surface area contributed by atoms with E-state index in [2.05, 4.69) is 29.8 Å². The molecule has 1 aliphatic carbocycles. The van der Waals surface area contributed by atoms with E-state index in [1.54, 1.807) is 132 Å². The van der Waals surface area contributed by atoms with Gasteiger partial charge in [-0.25, -0.2) is 15.0 Å². The zero-order chi connectivity index (χ0) is 86.1. The monoisotopic (exact) mass is 1610 g/mol. The second kappa shape index (κ2) is 40.2. The number of fused-ring (bicyclic) bond motifs is 5. The largest absolute Gasteiger partial charge is 0.511 e. The maximum atomic E-state index is 16.0. The Morgan fingerprint density at radius 1 is 0.522 bits per heavy atom. The number of carbonyl (C=O) groups is 9. The van der Waals surface area contributed by atoms with E-state index in [9.17, 15) is 33.9 Å². The Kier molecular flexibility index (Phi) is 33.3. The number of carbonyl (C=O) groups excluding carboxylic acids is 9. The average Bonchev–Trinajstić information content (AvgIpc) is 1.58. The Hall–Kier alpha value is -8.40. The Balaban J connectivity index is 1.51. The molecular weight excluding hydrogens is 1470 g/mol. The van der Waals surface area contributed by atoms with E-state index in [1.165, 1.54) is 0 Å². The molecule has 8 bridgehead atoms. The molecule has 1 fully saturated rings. The van der Waals surface area contributed by atoms with Gasteiger partial charge in [-0.1, -0.05) is 13.8 Å². The van der Waals surface area contributed by atoms with Crippen LogP contribution in [0.25, 0.3) is 0 Å². The Bertz CT molecular complexity index is 3720. The molecule has 27 nitrogen and oxygen atoms in total. The van der Waals surface area contributed by atoms with Crippen LogP contribution in [0.15, 0.2) is 106 Å². The second-order valence-corrected chi connectivity index (χ2v) is 36.7. The van der Waals surface area contributed by atoms with Gasteiger partial charge in [0.25, 0.3) is 0 Å². The first-order chi connectivity index (χ1) is 53.2. The maximum Gasteiger partial charge on any atom is 0.306 e. The molecule has 3 atom stereocenters. The van der Waals surface area contributed by atoms with Gasteiger partial charge in [-0.3, -0.25) is 43.2 Å². The molecule has 640 valence electrons. The fraction of sp³-hybridized carbons (Fsp3) is 0.682.